The molecule has 4 saturated carbocycles. The number of nitrogens with one attached hydrogen (secondary N) is 2. The van der Waals surface area contributed by atoms with Crippen LogP contribution in [0.3, 0.4) is 0 Å². The van der Waals surface area contributed by atoms with Crippen LogP contribution in [0.1, 0.15) is 54.7 Å². The van der Waals surface area contributed by atoms with E-state index in [-0.39, 0.29) is 17.4 Å². The summed E-state index contributed by atoms with van der Waals surface area (Å²) >= 11 is 0. The molecule has 6 heteroatoms. The highest BCUT2D eigenvalue weighted by Gasteiger charge is 2.61. The summed E-state index contributed by atoms with van der Waals surface area (Å²) in [5.74, 6) is 1.50. The van der Waals surface area contributed by atoms with Crippen molar-refractivity contribution < 1.29 is 9.59 Å². The minimum atomic E-state index is -0.424. The number of pyridine rings is 2. The van der Waals surface area contributed by atoms with Gasteiger partial charge in [0.05, 0.1) is 5.41 Å². The van der Waals surface area contributed by atoms with Gasteiger partial charge in [-0.25, -0.2) is 4.98 Å². The molecule has 0 aliphatic heterocycles. The highest BCUT2D eigenvalue weighted by atomic mass is 16.2. The second kappa shape index (κ2) is 6.65. The van der Waals surface area contributed by atoms with Crippen molar-refractivity contribution in [2.24, 2.45) is 17.3 Å². The topological polar surface area (TPSA) is 84.0 Å². The van der Waals surface area contributed by atoms with Gasteiger partial charge in [-0.2, -0.15) is 0 Å². The van der Waals surface area contributed by atoms with Crippen molar-refractivity contribution in [3.05, 3.63) is 54.0 Å². The predicted molar refractivity (Wildman–Crippen MR) is 109 cm³/mol. The fourth-order valence-electron chi connectivity index (χ4n) is 6.34. The predicted octanol–water partition coefficient (Wildman–Crippen LogP) is 3.49. The van der Waals surface area contributed by atoms with Crippen LogP contribution >= 0.6 is 0 Å². The van der Waals surface area contributed by atoms with Crippen molar-refractivity contribution >= 4 is 17.6 Å². The summed E-state index contributed by atoms with van der Waals surface area (Å²) in [6.07, 6.45) is 7.23. The summed E-state index contributed by atoms with van der Waals surface area (Å²) in [4.78, 5) is 34.9. The lowest BCUT2D eigenvalue weighted by molar-refractivity contribution is -0.144. The Bertz CT molecular complexity index is 944. The highest BCUT2D eigenvalue weighted by molar-refractivity contribution is 5.96. The standard InChI is InChI=1S/C23H26N4O2/c1-15-5-4-7-19(25-15)26-21(29)22-10-16-9-17(11-22)13-23(12-16,14-22)27-20(28)18-6-2-3-8-24-18/h2-8,16-17H,9-14H2,1H3,(H,27,28)(H,25,26,29). The van der Waals surface area contributed by atoms with E-state index in [0.29, 0.717) is 29.8 Å². The lowest BCUT2D eigenvalue weighted by atomic mass is 9.46. The molecule has 0 spiro atoms. The maximum absolute atomic E-state index is 13.4. The molecule has 0 radical (unpaired) electrons. The van der Waals surface area contributed by atoms with Crippen molar-refractivity contribution in [3.8, 4) is 0 Å². The SMILES string of the molecule is Cc1cccc(NC(=O)C23CC4CC(CC(NC(=O)c5ccccn5)(C4)C2)C3)n1. The van der Waals surface area contributed by atoms with Crippen LogP contribution in [0, 0.1) is 24.2 Å². The molecule has 29 heavy (non-hydrogen) atoms. The number of amides is 2. The molecule has 6 nitrogen and oxygen atoms in total. The quantitative estimate of drug-likeness (QED) is 0.837. The molecule has 2 atom stereocenters. The fourth-order valence-corrected chi connectivity index (χ4v) is 6.34. The monoisotopic (exact) mass is 390 g/mol. The van der Waals surface area contributed by atoms with Gasteiger partial charge in [-0.1, -0.05) is 12.1 Å². The molecule has 4 bridgehead atoms. The zero-order valence-electron chi connectivity index (χ0n) is 16.6. The van der Waals surface area contributed by atoms with Gasteiger partial charge in [-0.3, -0.25) is 14.6 Å². The number of aromatic nitrogens is 2. The van der Waals surface area contributed by atoms with Crippen LogP contribution in [0.4, 0.5) is 5.82 Å². The molecule has 2 aromatic rings. The van der Waals surface area contributed by atoms with Gasteiger partial charge in [0, 0.05) is 17.4 Å². The molecule has 2 unspecified atom stereocenters. The molecule has 2 aromatic heterocycles. The van der Waals surface area contributed by atoms with Gasteiger partial charge in [0.1, 0.15) is 11.5 Å². The first-order valence-corrected chi connectivity index (χ1v) is 10.4. The molecule has 150 valence electrons. The second-order valence-corrected chi connectivity index (χ2v) is 9.31. The van der Waals surface area contributed by atoms with Crippen LogP contribution in [-0.2, 0) is 4.79 Å². The molecular weight excluding hydrogens is 364 g/mol. The summed E-state index contributed by atoms with van der Waals surface area (Å²) in [6, 6.07) is 11.0. The fraction of sp³-hybridized carbons (Fsp3) is 0.478. The molecule has 6 rings (SSSR count). The first-order valence-electron chi connectivity index (χ1n) is 10.4. The van der Waals surface area contributed by atoms with Gasteiger partial charge >= 0.3 is 0 Å². The lowest BCUT2D eigenvalue weighted by Gasteiger charge is -2.61. The number of hydrogen-bond donors (Lipinski definition) is 2. The van der Waals surface area contributed by atoms with Crippen LogP contribution in [-0.4, -0.2) is 27.3 Å². The van der Waals surface area contributed by atoms with Crippen molar-refractivity contribution in [2.45, 2.75) is 51.0 Å². The Morgan fingerprint density at radius 2 is 1.83 bits per heavy atom. The zero-order valence-corrected chi connectivity index (χ0v) is 16.6. The third-order valence-corrected chi connectivity index (χ3v) is 6.95. The molecule has 4 aliphatic rings. The Balaban J connectivity index is 1.39. The number of anilines is 1. The van der Waals surface area contributed by atoms with E-state index < -0.39 is 5.41 Å². The van der Waals surface area contributed by atoms with E-state index in [2.05, 4.69) is 20.6 Å². The lowest BCUT2D eigenvalue weighted by Crippen LogP contribution is -2.65. The van der Waals surface area contributed by atoms with Gasteiger partial charge in [0.2, 0.25) is 5.91 Å². The maximum atomic E-state index is 13.4. The average molecular weight is 390 g/mol. The zero-order chi connectivity index (χ0) is 20.1. The molecule has 4 aliphatic carbocycles. The maximum Gasteiger partial charge on any atom is 0.270 e. The van der Waals surface area contributed by atoms with E-state index in [1.165, 1.54) is 6.42 Å². The first kappa shape index (κ1) is 18.3. The van der Waals surface area contributed by atoms with Crippen molar-refractivity contribution in [1.82, 2.24) is 15.3 Å². The van der Waals surface area contributed by atoms with Crippen molar-refractivity contribution in [1.29, 1.82) is 0 Å². The van der Waals surface area contributed by atoms with Crippen LogP contribution < -0.4 is 10.6 Å². The summed E-state index contributed by atoms with van der Waals surface area (Å²) in [6.45, 7) is 1.92. The van der Waals surface area contributed by atoms with Crippen molar-refractivity contribution in [3.63, 3.8) is 0 Å². The third-order valence-electron chi connectivity index (χ3n) is 6.95. The van der Waals surface area contributed by atoms with E-state index in [9.17, 15) is 9.59 Å². The number of aryl methyl sites for hydroxylation is 1. The summed E-state index contributed by atoms with van der Waals surface area (Å²) in [7, 11) is 0. The minimum Gasteiger partial charge on any atom is -0.345 e. The van der Waals surface area contributed by atoms with Gasteiger partial charge in [-0.05, 0) is 81.5 Å². The Labute approximate surface area is 170 Å². The van der Waals surface area contributed by atoms with Crippen LogP contribution in [0.15, 0.2) is 42.6 Å². The molecule has 4 fully saturated rings. The van der Waals surface area contributed by atoms with E-state index in [1.54, 1.807) is 18.3 Å². The normalized spacial score (nSPS) is 32.0. The Morgan fingerprint density at radius 3 is 2.52 bits per heavy atom. The van der Waals surface area contributed by atoms with E-state index in [1.807, 2.05) is 31.2 Å². The van der Waals surface area contributed by atoms with E-state index >= 15 is 0 Å². The van der Waals surface area contributed by atoms with Crippen LogP contribution in [0.2, 0.25) is 0 Å². The van der Waals surface area contributed by atoms with Gasteiger partial charge < -0.3 is 10.6 Å². The number of carbonyl (C=O) groups is 2. The summed E-state index contributed by atoms with van der Waals surface area (Å²) < 4.78 is 0. The molecule has 2 heterocycles. The number of rotatable bonds is 4. The molecule has 0 saturated heterocycles. The molecule has 2 N–H and O–H groups in total. The Kier molecular flexibility index (Phi) is 4.19. The van der Waals surface area contributed by atoms with Gasteiger partial charge in [-0.15, -0.1) is 0 Å². The molecule has 0 aromatic carbocycles. The minimum absolute atomic E-state index is 0.0566. The highest BCUT2D eigenvalue weighted by Crippen LogP contribution is 2.61. The molecular formula is C23H26N4O2. The molecule has 2 amide bonds. The largest absolute Gasteiger partial charge is 0.345 e. The number of carbonyl (C=O) groups excluding carboxylic acids is 2. The Morgan fingerprint density at radius 1 is 1.03 bits per heavy atom. The van der Waals surface area contributed by atoms with Gasteiger partial charge in [0.25, 0.3) is 5.91 Å². The van der Waals surface area contributed by atoms with Gasteiger partial charge in [0.15, 0.2) is 0 Å². The average Bonchev–Trinajstić information content (AvgIpc) is 2.67. The van der Waals surface area contributed by atoms with E-state index in [4.69, 9.17) is 0 Å². The van der Waals surface area contributed by atoms with Crippen LogP contribution in [0.5, 0.6) is 0 Å². The third kappa shape index (κ3) is 3.30. The first-order chi connectivity index (χ1) is 14.0. The number of hydrogen-bond acceptors (Lipinski definition) is 4. The summed E-state index contributed by atoms with van der Waals surface area (Å²) in [5, 5.41) is 6.36. The Hall–Kier alpha value is -2.76. The van der Waals surface area contributed by atoms with Crippen molar-refractivity contribution in [2.75, 3.05) is 5.32 Å². The number of nitrogens with zero attached hydrogens (tertiary/aromatic N) is 2. The summed E-state index contributed by atoms with van der Waals surface area (Å²) in [5.41, 5.74) is 0.585. The van der Waals surface area contributed by atoms with Crippen LogP contribution in [0.25, 0.3) is 0 Å². The second-order valence-electron chi connectivity index (χ2n) is 9.31. The smallest absolute Gasteiger partial charge is 0.270 e. The van der Waals surface area contributed by atoms with E-state index in [0.717, 1.165) is 31.4 Å².